The molecule has 1 aromatic carbocycles. The third-order valence-corrected chi connectivity index (χ3v) is 4.09. The van der Waals surface area contributed by atoms with Gasteiger partial charge in [-0.1, -0.05) is 25.0 Å². The maximum absolute atomic E-state index is 12.0. The molecule has 0 aliphatic carbocycles. The molecule has 1 amide bonds. The fourth-order valence-corrected chi connectivity index (χ4v) is 2.75. The maximum atomic E-state index is 12.0. The topological polar surface area (TPSA) is 85.8 Å². The number of nitrogens with one attached hydrogen (secondary N) is 1. The van der Waals surface area contributed by atoms with E-state index in [0.717, 1.165) is 49.1 Å². The number of aromatic nitrogens is 3. The van der Waals surface area contributed by atoms with E-state index in [9.17, 15) is 4.79 Å². The molecule has 2 aromatic heterocycles. The van der Waals surface area contributed by atoms with Gasteiger partial charge < -0.3 is 11.1 Å². The lowest BCUT2D eigenvalue weighted by molar-refractivity contribution is -0.116. The molecule has 0 aliphatic rings. The van der Waals surface area contributed by atoms with Gasteiger partial charge in [0.1, 0.15) is 12.1 Å². The third kappa shape index (κ3) is 4.42. The predicted octanol–water partition coefficient (Wildman–Crippen LogP) is 3.27. The van der Waals surface area contributed by atoms with Crippen molar-refractivity contribution in [1.29, 1.82) is 0 Å². The van der Waals surface area contributed by atoms with Crippen molar-refractivity contribution in [2.24, 2.45) is 5.73 Å². The molecule has 0 saturated carbocycles. The first-order valence-electron chi connectivity index (χ1n) is 8.66. The van der Waals surface area contributed by atoms with E-state index in [1.165, 1.54) is 0 Å². The van der Waals surface area contributed by atoms with Crippen LogP contribution in [0.4, 0.5) is 5.69 Å². The zero-order valence-electron chi connectivity index (χ0n) is 14.2. The van der Waals surface area contributed by atoms with Crippen molar-refractivity contribution in [3.05, 3.63) is 48.9 Å². The van der Waals surface area contributed by atoms with Crippen molar-refractivity contribution in [3.8, 4) is 5.82 Å². The van der Waals surface area contributed by atoms with Gasteiger partial charge in [0.05, 0.1) is 22.9 Å². The van der Waals surface area contributed by atoms with Crippen LogP contribution in [-0.2, 0) is 4.79 Å². The number of rotatable bonds is 8. The molecule has 0 spiro atoms. The molecule has 6 nitrogen and oxygen atoms in total. The number of nitrogens with zero attached hydrogens (tertiary/aromatic N) is 3. The van der Waals surface area contributed by atoms with Crippen LogP contribution < -0.4 is 11.1 Å². The number of imidazole rings is 1. The number of carbonyl (C=O) groups is 1. The minimum Gasteiger partial charge on any atom is -0.330 e. The monoisotopic (exact) mass is 337 g/mol. The molecule has 0 atom stereocenters. The molecule has 3 rings (SSSR count). The highest BCUT2D eigenvalue weighted by Gasteiger charge is 2.06. The average molecular weight is 337 g/mol. The number of benzene rings is 1. The number of anilines is 1. The van der Waals surface area contributed by atoms with Crippen LogP contribution in [0.2, 0.25) is 0 Å². The van der Waals surface area contributed by atoms with Gasteiger partial charge in [0, 0.05) is 6.42 Å². The number of amides is 1. The van der Waals surface area contributed by atoms with Gasteiger partial charge in [-0.15, -0.1) is 0 Å². The van der Waals surface area contributed by atoms with E-state index in [1.54, 1.807) is 12.5 Å². The molecule has 0 aliphatic heterocycles. The van der Waals surface area contributed by atoms with E-state index in [0.29, 0.717) is 12.1 Å². The molecule has 0 unspecified atom stereocenters. The standard InChI is InChI=1S/C19H23N5O/c20-12-6-2-1-3-9-19(25)23-15-10-11-18(21-13-15)24-14-22-16-7-4-5-8-17(16)24/h4-5,7-8,10-11,13-14H,1-3,6,9,12,20H2,(H,23,25). The van der Waals surface area contributed by atoms with Gasteiger partial charge in [-0.25, -0.2) is 9.97 Å². The Morgan fingerprint density at radius 1 is 1.04 bits per heavy atom. The van der Waals surface area contributed by atoms with Crippen molar-refractivity contribution in [1.82, 2.24) is 14.5 Å². The summed E-state index contributed by atoms with van der Waals surface area (Å²) in [5, 5.41) is 2.89. The van der Waals surface area contributed by atoms with Crippen molar-refractivity contribution in [3.63, 3.8) is 0 Å². The molecular weight excluding hydrogens is 314 g/mol. The summed E-state index contributed by atoms with van der Waals surface area (Å²) in [6, 6.07) is 11.6. The summed E-state index contributed by atoms with van der Waals surface area (Å²) in [5.74, 6) is 0.795. The molecule has 6 heteroatoms. The van der Waals surface area contributed by atoms with Gasteiger partial charge in [-0.3, -0.25) is 9.36 Å². The van der Waals surface area contributed by atoms with Crippen LogP contribution in [0.3, 0.4) is 0 Å². The van der Waals surface area contributed by atoms with Crippen molar-refractivity contribution >= 4 is 22.6 Å². The Balaban J connectivity index is 1.58. The third-order valence-electron chi connectivity index (χ3n) is 4.09. The largest absolute Gasteiger partial charge is 0.330 e. The first kappa shape index (κ1) is 17.1. The molecule has 0 saturated heterocycles. The summed E-state index contributed by atoms with van der Waals surface area (Å²) >= 11 is 0. The molecule has 130 valence electrons. The van der Waals surface area contributed by atoms with Crippen molar-refractivity contribution < 1.29 is 4.79 Å². The number of fused-ring (bicyclic) bond motifs is 1. The summed E-state index contributed by atoms with van der Waals surface area (Å²) in [6.07, 6.45) is 7.99. The molecule has 25 heavy (non-hydrogen) atoms. The molecule has 0 fully saturated rings. The van der Waals surface area contributed by atoms with Gasteiger partial charge in [0.25, 0.3) is 0 Å². The number of pyridine rings is 1. The van der Waals surface area contributed by atoms with Crippen LogP contribution in [0.15, 0.2) is 48.9 Å². The minimum atomic E-state index is 0.0235. The Bertz CT molecular complexity index is 825. The minimum absolute atomic E-state index is 0.0235. The smallest absolute Gasteiger partial charge is 0.224 e. The lowest BCUT2D eigenvalue weighted by Gasteiger charge is -2.07. The van der Waals surface area contributed by atoms with E-state index < -0.39 is 0 Å². The summed E-state index contributed by atoms with van der Waals surface area (Å²) in [6.45, 7) is 0.719. The zero-order valence-corrected chi connectivity index (χ0v) is 14.2. The highest BCUT2D eigenvalue weighted by Crippen LogP contribution is 2.17. The summed E-state index contributed by atoms with van der Waals surface area (Å²) in [4.78, 5) is 20.8. The summed E-state index contributed by atoms with van der Waals surface area (Å²) in [7, 11) is 0. The van der Waals surface area contributed by atoms with Crippen LogP contribution in [0, 0.1) is 0 Å². The van der Waals surface area contributed by atoms with Gasteiger partial charge in [-0.2, -0.15) is 0 Å². The Labute approximate surface area is 147 Å². The van der Waals surface area contributed by atoms with E-state index in [-0.39, 0.29) is 5.91 Å². The molecule has 3 N–H and O–H groups in total. The zero-order chi connectivity index (χ0) is 17.5. The van der Waals surface area contributed by atoms with Crippen molar-refractivity contribution in [2.75, 3.05) is 11.9 Å². The van der Waals surface area contributed by atoms with E-state index >= 15 is 0 Å². The van der Waals surface area contributed by atoms with Crippen LogP contribution in [0.25, 0.3) is 16.9 Å². The SMILES string of the molecule is NCCCCCCC(=O)Nc1ccc(-n2cnc3ccccc32)nc1. The number of para-hydroxylation sites is 2. The molecular formula is C19H23N5O. The quantitative estimate of drug-likeness (QED) is 0.618. The maximum Gasteiger partial charge on any atom is 0.224 e. The van der Waals surface area contributed by atoms with Gasteiger partial charge in [-0.05, 0) is 43.7 Å². The fourth-order valence-electron chi connectivity index (χ4n) is 2.75. The number of carbonyl (C=O) groups excluding carboxylic acids is 1. The molecule has 0 radical (unpaired) electrons. The van der Waals surface area contributed by atoms with Crippen LogP contribution in [0.1, 0.15) is 32.1 Å². The number of hydrogen-bond donors (Lipinski definition) is 2. The van der Waals surface area contributed by atoms with E-state index in [4.69, 9.17) is 5.73 Å². The van der Waals surface area contributed by atoms with Crippen LogP contribution >= 0.6 is 0 Å². The van der Waals surface area contributed by atoms with Gasteiger partial charge in [0.2, 0.25) is 5.91 Å². The number of nitrogens with two attached hydrogens (primary N) is 1. The highest BCUT2D eigenvalue weighted by atomic mass is 16.1. The Morgan fingerprint density at radius 2 is 1.88 bits per heavy atom. The normalized spacial score (nSPS) is 10.9. The lowest BCUT2D eigenvalue weighted by Crippen LogP contribution is -2.11. The summed E-state index contributed by atoms with van der Waals surface area (Å²) < 4.78 is 1.93. The summed E-state index contributed by atoms with van der Waals surface area (Å²) in [5.41, 5.74) is 8.10. The van der Waals surface area contributed by atoms with Gasteiger partial charge in [0.15, 0.2) is 0 Å². The average Bonchev–Trinajstić information content (AvgIpc) is 3.06. The fraction of sp³-hybridized carbons (Fsp3) is 0.316. The van der Waals surface area contributed by atoms with Crippen molar-refractivity contribution in [2.45, 2.75) is 32.1 Å². The highest BCUT2D eigenvalue weighted by molar-refractivity contribution is 5.90. The van der Waals surface area contributed by atoms with Gasteiger partial charge >= 0.3 is 0 Å². The lowest BCUT2D eigenvalue weighted by atomic mass is 10.1. The number of unbranched alkanes of at least 4 members (excludes halogenated alkanes) is 3. The first-order chi connectivity index (χ1) is 12.3. The Kier molecular flexibility index (Phi) is 5.74. The predicted molar refractivity (Wildman–Crippen MR) is 99.6 cm³/mol. The number of hydrogen-bond acceptors (Lipinski definition) is 4. The molecule has 2 heterocycles. The Morgan fingerprint density at radius 3 is 2.68 bits per heavy atom. The van der Waals surface area contributed by atoms with E-state index in [2.05, 4.69) is 15.3 Å². The second-order valence-electron chi connectivity index (χ2n) is 6.01. The molecule has 3 aromatic rings. The molecule has 0 bridgehead atoms. The van der Waals surface area contributed by atoms with Crippen LogP contribution in [-0.4, -0.2) is 27.0 Å². The Hall–Kier alpha value is -2.73. The van der Waals surface area contributed by atoms with Crippen LogP contribution in [0.5, 0.6) is 0 Å². The second kappa shape index (κ2) is 8.39. The first-order valence-corrected chi connectivity index (χ1v) is 8.66. The second-order valence-corrected chi connectivity index (χ2v) is 6.01. The van der Waals surface area contributed by atoms with E-state index in [1.807, 2.05) is 41.0 Å².